The Morgan fingerprint density at radius 2 is 1.57 bits per heavy atom. The number of likely N-dealkylation sites (tertiary alicyclic amines) is 2. The summed E-state index contributed by atoms with van der Waals surface area (Å²) in [5.41, 5.74) is -1.32. The van der Waals surface area contributed by atoms with E-state index >= 15 is 0 Å². The molecule has 2 aliphatic rings. The van der Waals surface area contributed by atoms with Gasteiger partial charge in [0.15, 0.2) is 15.9 Å². The first-order valence-electron chi connectivity index (χ1n) is 16.8. The van der Waals surface area contributed by atoms with Gasteiger partial charge >= 0.3 is 12.4 Å². The second kappa shape index (κ2) is 14.5. The van der Waals surface area contributed by atoms with Crippen LogP contribution in [-0.4, -0.2) is 73.8 Å². The molecule has 1 atom stereocenters. The van der Waals surface area contributed by atoms with Crippen molar-refractivity contribution in [3.8, 4) is 11.3 Å². The molecule has 4 aromatic rings. The lowest BCUT2D eigenvalue weighted by Gasteiger charge is -2.40. The molecule has 0 radical (unpaired) electrons. The second-order valence-electron chi connectivity index (χ2n) is 13.3. The first-order chi connectivity index (χ1) is 24.1. The van der Waals surface area contributed by atoms with Gasteiger partial charge in [0.25, 0.3) is 5.91 Å². The van der Waals surface area contributed by atoms with Crippen LogP contribution in [0.2, 0.25) is 0 Å². The Bertz CT molecular complexity index is 1990. The maximum absolute atomic E-state index is 14.6. The highest BCUT2D eigenvalue weighted by Gasteiger charge is 2.43. The van der Waals surface area contributed by atoms with E-state index in [2.05, 4.69) is 15.2 Å². The first-order valence-corrected chi connectivity index (χ1v) is 18.7. The lowest BCUT2D eigenvalue weighted by atomic mass is 9.93. The molecule has 0 unspecified atom stereocenters. The van der Waals surface area contributed by atoms with Crippen LogP contribution in [0, 0.1) is 0 Å². The van der Waals surface area contributed by atoms with Crippen molar-refractivity contribution < 1.29 is 39.6 Å². The van der Waals surface area contributed by atoms with E-state index in [1.807, 2.05) is 4.90 Å². The number of sulfone groups is 1. The lowest BCUT2D eigenvalue weighted by molar-refractivity contribution is -0.155. The Kier molecular flexibility index (Phi) is 10.5. The number of nitrogens with zero attached hydrogens (tertiary/aromatic N) is 3. The summed E-state index contributed by atoms with van der Waals surface area (Å²) in [5.74, 6) is -1.16. The monoisotopic (exact) mass is 732 g/mol. The van der Waals surface area contributed by atoms with Crippen molar-refractivity contribution in [3.05, 3.63) is 95.1 Å². The zero-order valence-corrected chi connectivity index (χ0v) is 28.7. The van der Waals surface area contributed by atoms with Crippen LogP contribution in [0.15, 0.2) is 77.7 Å². The number of halogens is 6. The minimum absolute atomic E-state index is 0.00715. The number of rotatable bonds is 8. The molecule has 0 bridgehead atoms. The first kappa shape index (κ1) is 36.8. The van der Waals surface area contributed by atoms with Crippen LogP contribution < -0.4 is 5.32 Å². The van der Waals surface area contributed by atoms with E-state index in [4.69, 9.17) is 0 Å². The summed E-state index contributed by atoms with van der Waals surface area (Å²) in [7, 11) is -3.85. The zero-order valence-electron chi connectivity index (χ0n) is 27.9. The zero-order chi connectivity index (χ0) is 36.6. The Balaban J connectivity index is 1.52. The van der Waals surface area contributed by atoms with E-state index in [0.29, 0.717) is 19.1 Å². The predicted molar refractivity (Wildman–Crippen MR) is 182 cm³/mol. The predicted octanol–water partition coefficient (Wildman–Crippen LogP) is 7.81. The molecule has 2 fully saturated rings. The fraction of sp³-hybridized carbons (Fsp3) is 0.405. The van der Waals surface area contributed by atoms with Gasteiger partial charge in [-0.3, -0.25) is 9.69 Å². The summed E-state index contributed by atoms with van der Waals surface area (Å²) in [4.78, 5) is 23.4. The van der Waals surface area contributed by atoms with Gasteiger partial charge in [-0.1, -0.05) is 48.9 Å². The van der Waals surface area contributed by atoms with Crippen LogP contribution in [0.3, 0.4) is 0 Å². The number of benzene rings is 3. The van der Waals surface area contributed by atoms with Gasteiger partial charge in [-0.25, -0.2) is 13.4 Å². The molecular weight excluding hydrogens is 694 g/mol. The molecule has 3 aromatic carbocycles. The van der Waals surface area contributed by atoms with Gasteiger partial charge in [-0.15, -0.1) is 0 Å². The molecule has 1 N–H and O–H groups in total. The molecule has 2 saturated heterocycles. The van der Waals surface area contributed by atoms with Gasteiger partial charge in [0, 0.05) is 35.4 Å². The van der Waals surface area contributed by atoms with E-state index < -0.39 is 39.7 Å². The number of piperidine rings is 2. The normalized spacial score (nSPS) is 17.8. The van der Waals surface area contributed by atoms with E-state index in [0.717, 1.165) is 57.2 Å². The summed E-state index contributed by atoms with van der Waals surface area (Å²) in [6, 6.07) is 12.9. The minimum atomic E-state index is -4.92. The molecule has 7 nitrogen and oxygen atoms in total. The highest BCUT2D eigenvalue weighted by molar-refractivity contribution is 7.90. The number of carbonyl (C=O) groups is 1. The van der Waals surface area contributed by atoms with Gasteiger partial charge in [-0.05, 0) is 87.8 Å². The highest BCUT2D eigenvalue weighted by atomic mass is 32.2. The van der Waals surface area contributed by atoms with Gasteiger partial charge in [0.2, 0.25) is 0 Å². The fourth-order valence-electron chi connectivity index (χ4n) is 7.16. The standard InChI is InChI=1S/C37H38F6N4O3S/c1-51(49,50)28-13-14-31-29(22-28)32(35(48)45-34(37(41,42)43)24-9-4-2-5-10-24)30(33(44-31)25-11-8-12-26(21-25)36(38,39)40)23-46-19-15-27(16-20-46)47-17-6-3-7-18-47/h2,4-5,8-14,21-22,27,34H,3,6-7,15-20,23H2,1H3,(H,45,48)/t34-/m1/s1. The Hall–Kier alpha value is -4.01. The summed E-state index contributed by atoms with van der Waals surface area (Å²) in [6.45, 7) is 3.14. The van der Waals surface area contributed by atoms with Gasteiger partial charge < -0.3 is 10.2 Å². The van der Waals surface area contributed by atoms with Crippen LogP contribution in [0.1, 0.15) is 65.2 Å². The Morgan fingerprint density at radius 3 is 2.20 bits per heavy atom. The van der Waals surface area contributed by atoms with Crippen molar-refractivity contribution in [2.24, 2.45) is 0 Å². The summed E-state index contributed by atoms with van der Waals surface area (Å²) >= 11 is 0. The lowest BCUT2D eigenvalue weighted by Crippen LogP contribution is -2.46. The van der Waals surface area contributed by atoms with Gasteiger partial charge in [0.05, 0.1) is 27.2 Å². The third kappa shape index (κ3) is 8.39. The Labute approximate surface area is 292 Å². The third-order valence-corrected chi connectivity index (χ3v) is 10.9. The minimum Gasteiger partial charge on any atom is -0.337 e. The van der Waals surface area contributed by atoms with Crippen molar-refractivity contribution in [2.75, 3.05) is 32.4 Å². The number of amides is 1. The van der Waals surface area contributed by atoms with Crippen LogP contribution in [0.25, 0.3) is 22.2 Å². The van der Waals surface area contributed by atoms with Crippen LogP contribution in [0.4, 0.5) is 26.3 Å². The van der Waals surface area contributed by atoms with Crippen molar-refractivity contribution >= 4 is 26.6 Å². The molecule has 3 heterocycles. The van der Waals surface area contributed by atoms with E-state index in [1.54, 1.807) is 0 Å². The number of carbonyl (C=O) groups excluding carboxylic acids is 1. The average Bonchev–Trinajstić information content (AvgIpc) is 3.10. The van der Waals surface area contributed by atoms with Gasteiger partial charge in [-0.2, -0.15) is 26.3 Å². The number of hydrogen-bond acceptors (Lipinski definition) is 6. The molecule has 272 valence electrons. The molecule has 14 heteroatoms. The maximum Gasteiger partial charge on any atom is 0.416 e. The van der Waals surface area contributed by atoms with Gasteiger partial charge in [0.1, 0.15) is 0 Å². The number of aromatic nitrogens is 1. The van der Waals surface area contributed by atoms with E-state index in [9.17, 15) is 39.6 Å². The van der Waals surface area contributed by atoms with Crippen molar-refractivity contribution in [2.45, 2.75) is 68.0 Å². The Morgan fingerprint density at radius 1 is 0.882 bits per heavy atom. The summed E-state index contributed by atoms with van der Waals surface area (Å²) < 4.78 is 111. The fourth-order valence-corrected chi connectivity index (χ4v) is 7.81. The highest BCUT2D eigenvalue weighted by Crippen LogP contribution is 2.38. The molecule has 0 saturated carbocycles. The molecule has 0 spiro atoms. The maximum atomic E-state index is 14.6. The third-order valence-electron chi connectivity index (χ3n) is 9.76. The van der Waals surface area contributed by atoms with Crippen LogP contribution in [0.5, 0.6) is 0 Å². The molecule has 6 rings (SSSR count). The van der Waals surface area contributed by atoms with Crippen LogP contribution in [-0.2, 0) is 22.6 Å². The smallest absolute Gasteiger partial charge is 0.337 e. The molecule has 1 aromatic heterocycles. The van der Waals surface area contributed by atoms with Crippen LogP contribution >= 0.6 is 0 Å². The molecule has 2 aliphatic heterocycles. The molecule has 51 heavy (non-hydrogen) atoms. The van der Waals surface area contributed by atoms with Crippen molar-refractivity contribution in [1.29, 1.82) is 0 Å². The number of alkyl halides is 6. The summed E-state index contributed by atoms with van der Waals surface area (Å²) in [5, 5.41) is 2.11. The van der Waals surface area contributed by atoms with E-state index in [-0.39, 0.29) is 50.3 Å². The largest absolute Gasteiger partial charge is 0.416 e. The quantitative estimate of drug-likeness (QED) is 0.186. The SMILES string of the molecule is CS(=O)(=O)c1ccc2nc(-c3cccc(C(F)(F)F)c3)c(CN3CCC(N4CCCCC4)CC3)c(C(=O)N[C@H](c3ccccc3)C(F)(F)F)c2c1. The molecular formula is C37H38F6N4O3S. The van der Waals surface area contributed by atoms with E-state index in [1.165, 1.54) is 67.1 Å². The average molecular weight is 733 g/mol. The number of hydrogen-bond donors (Lipinski definition) is 1. The second-order valence-corrected chi connectivity index (χ2v) is 15.3. The molecule has 0 aliphatic carbocycles. The van der Waals surface area contributed by atoms with Crippen molar-refractivity contribution in [3.63, 3.8) is 0 Å². The van der Waals surface area contributed by atoms with Crippen molar-refractivity contribution in [1.82, 2.24) is 20.1 Å². The molecule has 1 amide bonds. The number of nitrogens with one attached hydrogen (secondary N) is 1. The number of fused-ring (bicyclic) bond motifs is 1. The number of pyridine rings is 1. The topological polar surface area (TPSA) is 82.6 Å². The summed E-state index contributed by atoms with van der Waals surface area (Å²) in [6.07, 6.45) is -3.64.